The minimum atomic E-state index is -1.15. The van der Waals surface area contributed by atoms with E-state index in [-0.39, 0.29) is 5.91 Å². The van der Waals surface area contributed by atoms with E-state index in [0.717, 1.165) is 10.2 Å². The number of anilines is 2. The fraction of sp³-hybridized carbons (Fsp3) is 0.154. The highest BCUT2D eigenvalue weighted by atomic mass is 79.9. The van der Waals surface area contributed by atoms with Crippen LogP contribution in [0.5, 0.6) is 0 Å². The summed E-state index contributed by atoms with van der Waals surface area (Å²) in [7, 11) is -1.15. The van der Waals surface area contributed by atoms with Crippen LogP contribution in [0.2, 0.25) is 0 Å². The Hall–Kier alpha value is -0.830. The first-order valence-corrected chi connectivity index (χ1v) is 10.2. The SMILES string of the molecule is CSN(c1cc(Br)cc(NC(=O)c2cccs2)c1)S(C)=O. The van der Waals surface area contributed by atoms with Crippen LogP contribution in [0.3, 0.4) is 0 Å². The van der Waals surface area contributed by atoms with Crippen LogP contribution in [-0.4, -0.2) is 22.6 Å². The van der Waals surface area contributed by atoms with Gasteiger partial charge < -0.3 is 5.32 Å². The molecular formula is C13H13BrN2O2S3. The van der Waals surface area contributed by atoms with E-state index in [1.165, 1.54) is 23.3 Å². The number of halogens is 1. The summed E-state index contributed by atoms with van der Waals surface area (Å²) in [5.74, 6) is -0.151. The fourth-order valence-electron chi connectivity index (χ4n) is 1.71. The molecule has 0 radical (unpaired) electrons. The van der Waals surface area contributed by atoms with Gasteiger partial charge in [-0.15, -0.1) is 11.3 Å². The van der Waals surface area contributed by atoms with E-state index < -0.39 is 11.0 Å². The molecule has 4 nitrogen and oxygen atoms in total. The molecule has 1 heterocycles. The van der Waals surface area contributed by atoms with Crippen LogP contribution < -0.4 is 9.03 Å². The van der Waals surface area contributed by atoms with Crippen molar-refractivity contribution in [1.82, 2.24) is 0 Å². The molecule has 0 aliphatic carbocycles. The number of nitrogens with one attached hydrogen (secondary N) is 1. The average molecular weight is 405 g/mol. The molecule has 1 aromatic carbocycles. The molecule has 2 rings (SSSR count). The molecule has 1 amide bonds. The topological polar surface area (TPSA) is 49.4 Å². The van der Waals surface area contributed by atoms with Gasteiger partial charge in [0.1, 0.15) is 11.0 Å². The summed E-state index contributed by atoms with van der Waals surface area (Å²) >= 11 is 6.17. The van der Waals surface area contributed by atoms with Crippen LogP contribution in [-0.2, 0) is 11.0 Å². The third kappa shape index (κ3) is 4.32. The molecule has 21 heavy (non-hydrogen) atoms. The van der Waals surface area contributed by atoms with Crippen molar-refractivity contribution in [1.29, 1.82) is 0 Å². The summed E-state index contributed by atoms with van der Waals surface area (Å²) < 4.78 is 14.2. The molecule has 0 bridgehead atoms. The third-order valence-corrected chi connectivity index (χ3v) is 6.12. The van der Waals surface area contributed by atoms with Gasteiger partial charge in [0, 0.05) is 22.7 Å². The lowest BCUT2D eigenvalue weighted by atomic mass is 10.3. The van der Waals surface area contributed by atoms with Crippen molar-refractivity contribution in [3.63, 3.8) is 0 Å². The molecule has 0 aliphatic rings. The van der Waals surface area contributed by atoms with Crippen LogP contribution in [0.25, 0.3) is 0 Å². The Balaban J connectivity index is 2.26. The molecule has 1 aromatic heterocycles. The Morgan fingerprint density at radius 2 is 2.19 bits per heavy atom. The predicted octanol–water partition coefficient (Wildman–Crippen LogP) is 4.14. The Morgan fingerprint density at radius 3 is 2.76 bits per heavy atom. The first-order valence-electron chi connectivity index (χ1n) is 5.84. The monoisotopic (exact) mass is 404 g/mol. The van der Waals surface area contributed by atoms with Crippen molar-refractivity contribution in [3.8, 4) is 0 Å². The van der Waals surface area contributed by atoms with Crippen molar-refractivity contribution in [2.75, 3.05) is 21.5 Å². The number of hydrogen-bond donors (Lipinski definition) is 1. The van der Waals surface area contributed by atoms with E-state index in [0.29, 0.717) is 10.6 Å². The molecule has 0 spiro atoms. The highest BCUT2D eigenvalue weighted by molar-refractivity contribution is 9.10. The molecule has 1 N–H and O–H groups in total. The minimum absolute atomic E-state index is 0.151. The van der Waals surface area contributed by atoms with E-state index in [4.69, 9.17) is 0 Å². The molecule has 0 saturated carbocycles. The van der Waals surface area contributed by atoms with E-state index in [1.54, 1.807) is 22.1 Å². The van der Waals surface area contributed by atoms with Gasteiger partial charge in [0.15, 0.2) is 0 Å². The zero-order valence-corrected chi connectivity index (χ0v) is 15.4. The van der Waals surface area contributed by atoms with Gasteiger partial charge in [-0.3, -0.25) is 4.79 Å². The van der Waals surface area contributed by atoms with Gasteiger partial charge in [-0.05, 0) is 41.6 Å². The van der Waals surface area contributed by atoms with Crippen molar-refractivity contribution in [3.05, 3.63) is 45.1 Å². The zero-order chi connectivity index (χ0) is 15.4. The van der Waals surface area contributed by atoms with Crippen LogP contribution in [0, 0.1) is 0 Å². The Kier molecular flexibility index (Phi) is 5.86. The van der Waals surface area contributed by atoms with Gasteiger partial charge in [0.25, 0.3) is 5.91 Å². The number of amides is 1. The van der Waals surface area contributed by atoms with Gasteiger partial charge >= 0.3 is 0 Å². The fourth-order valence-corrected chi connectivity index (χ4v) is 4.37. The predicted molar refractivity (Wildman–Crippen MR) is 96.5 cm³/mol. The summed E-state index contributed by atoms with van der Waals surface area (Å²) in [6, 6.07) is 9.08. The van der Waals surface area contributed by atoms with Gasteiger partial charge in [0.05, 0.1) is 10.6 Å². The van der Waals surface area contributed by atoms with Crippen molar-refractivity contribution < 1.29 is 9.00 Å². The van der Waals surface area contributed by atoms with E-state index in [9.17, 15) is 9.00 Å². The van der Waals surface area contributed by atoms with Gasteiger partial charge in [-0.2, -0.15) is 0 Å². The smallest absolute Gasteiger partial charge is 0.265 e. The maximum absolute atomic E-state index is 12.1. The second-order valence-corrected chi connectivity index (χ2v) is 8.03. The number of rotatable bonds is 5. The summed E-state index contributed by atoms with van der Waals surface area (Å²) in [5.41, 5.74) is 1.42. The lowest BCUT2D eigenvalue weighted by molar-refractivity contribution is 0.103. The highest BCUT2D eigenvalue weighted by Crippen LogP contribution is 2.30. The Bertz CT molecular complexity index is 661. The molecular weight excluding hydrogens is 392 g/mol. The molecule has 0 aliphatic heterocycles. The van der Waals surface area contributed by atoms with Crippen LogP contribution in [0.4, 0.5) is 11.4 Å². The van der Waals surface area contributed by atoms with Crippen LogP contribution in [0.1, 0.15) is 9.67 Å². The lowest BCUT2D eigenvalue weighted by Crippen LogP contribution is -2.16. The van der Waals surface area contributed by atoms with E-state index in [2.05, 4.69) is 21.2 Å². The number of carbonyl (C=O) groups excluding carboxylic acids is 1. The zero-order valence-electron chi connectivity index (χ0n) is 11.3. The number of thiophene rings is 1. The van der Waals surface area contributed by atoms with E-state index in [1.807, 2.05) is 29.8 Å². The summed E-state index contributed by atoms with van der Waals surface area (Å²) in [5, 5.41) is 4.71. The third-order valence-electron chi connectivity index (χ3n) is 2.50. The first kappa shape index (κ1) is 16.5. The average Bonchev–Trinajstić information content (AvgIpc) is 2.92. The summed E-state index contributed by atoms with van der Waals surface area (Å²) in [4.78, 5) is 12.7. The second-order valence-electron chi connectivity index (χ2n) is 3.99. The number of benzene rings is 1. The lowest BCUT2D eigenvalue weighted by Gasteiger charge is -2.19. The highest BCUT2D eigenvalue weighted by Gasteiger charge is 2.13. The number of nitrogens with zero attached hydrogens (tertiary/aromatic N) is 1. The van der Waals surface area contributed by atoms with Crippen LogP contribution >= 0.6 is 39.2 Å². The molecule has 112 valence electrons. The molecule has 8 heteroatoms. The largest absolute Gasteiger partial charge is 0.321 e. The molecule has 1 atom stereocenters. The molecule has 0 fully saturated rings. The Morgan fingerprint density at radius 1 is 1.43 bits per heavy atom. The number of hydrogen-bond acceptors (Lipinski definition) is 4. The maximum Gasteiger partial charge on any atom is 0.265 e. The normalized spacial score (nSPS) is 12.0. The first-order chi connectivity index (χ1) is 10.0. The van der Waals surface area contributed by atoms with Gasteiger partial charge in [-0.1, -0.05) is 22.0 Å². The van der Waals surface area contributed by atoms with Crippen molar-refractivity contribution in [2.45, 2.75) is 0 Å². The second kappa shape index (κ2) is 7.44. The van der Waals surface area contributed by atoms with Crippen molar-refractivity contribution >= 4 is 67.5 Å². The van der Waals surface area contributed by atoms with Gasteiger partial charge in [-0.25, -0.2) is 7.92 Å². The van der Waals surface area contributed by atoms with Crippen molar-refractivity contribution in [2.24, 2.45) is 0 Å². The quantitative estimate of drug-likeness (QED) is 0.761. The Labute approximate surface area is 142 Å². The maximum atomic E-state index is 12.1. The molecule has 1 unspecified atom stereocenters. The summed E-state index contributed by atoms with van der Waals surface area (Å²) in [6.45, 7) is 0. The van der Waals surface area contributed by atoms with Gasteiger partial charge in [0.2, 0.25) is 0 Å². The minimum Gasteiger partial charge on any atom is -0.321 e. The number of carbonyl (C=O) groups is 1. The standard InChI is InChI=1S/C13H13BrN2O2S3/c1-19-16(21(2)18)11-7-9(14)6-10(8-11)15-13(17)12-4-3-5-20-12/h3-8H,1-2H3,(H,15,17). The molecule has 0 saturated heterocycles. The van der Waals surface area contributed by atoms with Crippen LogP contribution in [0.15, 0.2) is 40.2 Å². The molecule has 2 aromatic rings. The summed E-state index contributed by atoms with van der Waals surface area (Å²) in [6.07, 6.45) is 3.47. The van der Waals surface area contributed by atoms with E-state index >= 15 is 0 Å².